The second kappa shape index (κ2) is 6.40. The summed E-state index contributed by atoms with van der Waals surface area (Å²) < 4.78 is 5.85. The van der Waals surface area contributed by atoms with Crippen molar-refractivity contribution in [3.63, 3.8) is 0 Å². The average molecular weight is 325 g/mol. The van der Waals surface area contributed by atoms with Crippen molar-refractivity contribution in [3.8, 4) is 11.1 Å². The molecule has 4 aromatic rings. The van der Waals surface area contributed by atoms with Crippen LogP contribution in [-0.4, -0.2) is 4.98 Å². The smallest absolute Gasteiger partial charge is 0.220 e. The van der Waals surface area contributed by atoms with Gasteiger partial charge < -0.3 is 4.42 Å². The maximum atomic E-state index is 5.85. The van der Waals surface area contributed by atoms with Crippen molar-refractivity contribution in [2.24, 2.45) is 0 Å². The average Bonchev–Trinajstić information content (AvgIpc) is 3.05. The summed E-state index contributed by atoms with van der Waals surface area (Å²) in [5, 5.41) is 0. The number of hydrogen-bond donors (Lipinski definition) is 0. The number of aromatic nitrogens is 1. The first-order valence-electron chi connectivity index (χ1n) is 8.40. The Kier molecular flexibility index (Phi) is 3.95. The predicted molar refractivity (Wildman–Crippen MR) is 104 cm³/mol. The van der Waals surface area contributed by atoms with E-state index in [1.165, 1.54) is 22.3 Å². The van der Waals surface area contributed by atoms with Gasteiger partial charge in [0.25, 0.3) is 0 Å². The van der Waals surface area contributed by atoms with Crippen LogP contribution in [0, 0.1) is 13.8 Å². The molecule has 3 aromatic carbocycles. The van der Waals surface area contributed by atoms with Gasteiger partial charge in [0.15, 0.2) is 5.58 Å². The molecule has 2 heteroatoms. The van der Waals surface area contributed by atoms with Crippen LogP contribution in [0.4, 0.5) is 0 Å². The number of benzene rings is 3. The zero-order chi connectivity index (χ0) is 17.2. The van der Waals surface area contributed by atoms with E-state index in [9.17, 15) is 0 Å². The van der Waals surface area contributed by atoms with Crippen LogP contribution in [0.5, 0.6) is 0 Å². The topological polar surface area (TPSA) is 26.0 Å². The second-order valence-corrected chi connectivity index (χ2v) is 6.29. The van der Waals surface area contributed by atoms with Crippen molar-refractivity contribution in [1.82, 2.24) is 4.98 Å². The van der Waals surface area contributed by atoms with E-state index in [4.69, 9.17) is 4.42 Å². The van der Waals surface area contributed by atoms with Crippen LogP contribution < -0.4 is 0 Å². The van der Waals surface area contributed by atoms with Gasteiger partial charge in [0.05, 0.1) is 0 Å². The summed E-state index contributed by atoms with van der Waals surface area (Å²) in [5.74, 6) is 0.626. The molecule has 0 amide bonds. The first-order chi connectivity index (χ1) is 12.2. The maximum absolute atomic E-state index is 5.85. The quantitative estimate of drug-likeness (QED) is 0.443. The van der Waals surface area contributed by atoms with E-state index in [-0.39, 0.29) is 0 Å². The predicted octanol–water partition coefficient (Wildman–Crippen LogP) is 6.28. The van der Waals surface area contributed by atoms with E-state index < -0.39 is 0 Å². The second-order valence-electron chi connectivity index (χ2n) is 6.29. The molecule has 0 saturated carbocycles. The van der Waals surface area contributed by atoms with E-state index in [0.29, 0.717) is 5.89 Å². The molecule has 1 aromatic heterocycles. The van der Waals surface area contributed by atoms with Crippen LogP contribution in [-0.2, 0) is 0 Å². The maximum Gasteiger partial charge on any atom is 0.220 e. The fourth-order valence-corrected chi connectivity index (χ4v) is 2.93. The molecule has 0 aliphatic heterocycles. The summed E-state index contributed by atoms with van der Waals surface area (Å²) in [6, 6.07) is 22.9. The lowest BCUT2D eigenvalue weighted by atomic mass is 10.1. The largest absolute Gasteiger partial charge is 0.437 e. The SMILES string of the molecule is Cc1ccc(C)c(/C=C/c2nc3cc(-c4ccccc4)ccc3o2)c1. The van der Waals surface area contributed by atoms with Crippen molar-refractivity contribution in [3.05, 3.63) is 89.3 Å². The molecule has 1 heterocycles. The number of oxazole rings is 1. The summed E-state index contributed by atoms with van der Waals surface area (Å²) in [5.41, 5.74) is 7.68. The summed E-state index contributed by atoms with van der Waals surface area (Å²) in [7, 11) is 0. The number of nitrogens with zero attached hydrogens (tertiary/aromatic N) is 1. The molecule has 0 radical (unpaired) electrons. The minimum absolute atomic E-state index is 0.626. The molecule has 0 unspecified atom stereocenters. The molecule has 0 saturated heterocycles. The Hall–Kier alpha value is -3.13. The zero-order valence-corrected chi connectivity index (χ0v) is 14.4. The molecule has 0 spiro atoms. The molecule has 0 N–H and O–H groups in total. The summed E-state index contributed by atoms with van der Waals surface area (Å²) in [6.45, 7) is 4.21. The Morgan fingerprint density at radius 3 is 2.48 bits per heavy atom. The van der Waals surface area contributed by atoms with Crippen molar-refractivity contribution in [2.75, 3.05) is 0 Å². The Morgan fingerprint density at radius 1 is 0.800 bits per heavy atom. The third-order valence-corrected chi connectivity index (χ3v) is 4.35. The van der Waals surface area contributed by atoms with Crippen molar-refractivity contribution >= 4 is 23.3 Å². The summed E-state index contributed by atoms with van der Waals surface area (Å²) in [4.78, 5) is 4.61. The fourth-order valence-electron chi connectivity index (χ4n) is 2.93. The molecular weight excluding hydrogens is 306 g/mol. The molecule has 0 fully saturated rings. The summed E-state index contributed by atoms with van der Waals surface area (Å²) >= 11 is 0. The van der Waals surface area contributed by atoms with Crippen LogP contribution in [0.3, 0.4) is 0 Å². The molecule has 0 atom stereocenters. The van der Waals surface area contributed by atoms with Gasteiger partial charge in [-0.1, -0.05) is 60.2 Å². The van der Waals surface area contributed by atoms with Crippen molar-refractivity contribution < 1.29 is 4.42 Å². The first-order valence-corrected chi connectivity index (χ1v) is 8.40. The van der Waals surface area contributed by atoms with Crippen molar-refractivity contribution in [1.29, 1.82) is 0 Å². The van der Waals surface area contributed by atoms with Gasteiger partial charge in [-0.3, -0.25) is 0 Å². The Bertz CT molecular complexity index is 1060. The zero-order valence-electron chi connectivity index (χ0n) is 14.4. The van der Waals surface area contributed by atoms with Gasteiger partial charge >= 0.3 is 0 Å². The van der Waals surface area contributed by atoms with E-state index in [2.05, 4.69) is 67.4 Å². The van der Waals surface area contributed by atoms with Crippen LogP contribution in [0.25, 0.3) is 34.4 Å². The van der Waals surface area contributed by atoms with Crippen LogP contribution in [0.1, 0.15) is 22.6 Å². The number of fused-ring (bicyclic) bond motifs is 1. The molecule has 0 aliphatic carbocycles. The van der Waals surface area contributed by atoms with E-state index in [1.807, 2.05) is 30.3 Å². The first kappa shape index (κ1) is 15.4. The Labute approximate surface area is 147 Å². The molecule has 4 rings (SSSR count). The van der Waals surface area contributed by atoms with Gasteiger partial charge in [0, 0.05) is 6.08 Å². The van der Waals surface area contributed by atoms with Gasteiger partial charge in [0.1, 0.15) is 5.52 Å². The third kappa shape index (κ3) is 3.24. The highest BCUT2D eigenvalue weighted by atomic mass is 16.3. The summed E-state index contributed by atoms with van der Waals surface area (Å²) in [6.07, 6.45) is 4.00. The monoisotopic (exact) mass is 325 g/mol. The highest BCUT2D eigenvalue weighted by Crippen LogP contribution is 2.25. The number of hydrogen-bond acceptors (Lipinski definition) is 2. The highest BCUT2D eigenvalue weighted by Gasteiger charge is 2.06. The Morgan fingerprint density at radius 2 is 1.64 bits per heavy atom. The molecule has 0 bridgehead atoms. The lowest BCUT2D eigenvalue weighted by molar-refractivity contribution is 0.590. The minimum atomic E-state index is 0.626. The molecular formula is C23H19NO. The molecule has 25 heavy (non-hydrogen) atoms. The molecule has 2 nitrogen and oxygen atoms in total. The lowest BCUT2D eigenvalue weighted by Crippen LogP contribution is -1.82. The van der Waals surface area contributed by atoms with Crippen LogP contribution in [0.15, 0.2) is 71.1 Å². The van der Waals surface area contributed by atoms with Gasteiger partial charge in [-0.05, 0) is 54.3 Å². The van der Waals surface area contributed by atoms with Gasteiger partial charge in [-0.25, -0.2) is 4.98 Å². The van der Waals surface area contributed by atoms with Crippen LogP contribution >= 0.6 is 0 Å². The number of rotatable bonds is 3. The normalized spacial score (nSPS) is 11.4. The molecule has 0 aliphatic rings. The van der Waals surface area contributed by atoms with Gasteiger partial charge in [-0.15, -0.1) is 0 Å². The number of aryl methyl sites for hydroxylation is 2. The minimum Gasteiger partial charge on any atom is -0.437 e. The van der Waals surface area contributed by atoms with E-state index in [1.54, 1.807) is 0 Å². The standard InChI is InChI=1S/C23H19NO/c1-16-8-9-17(2)19(14-16)11-13-23-24-21-15-20(10-12-22(21)25-23)18-6-4-3-5-7-18/h3-15H,1-2H3/b13-11+. The third-order valence-electron chi connectivity index (χ3n) is 4.35. The fraction of sp³-hybridized carbons (Fsp3) is 0.0870. The van der Waals surface area contributed by atoms with E-state index in [0.717, 1.165) is 16.7 Å². The highest BCUT2D eigenvalue weighted by molar-refractivity contribution is 5.82. The molecule has 122 valence electrons. The van der Waals surface area contributed by atoms with Crippen LogP contribution in [0.2, 0.25) is 0 Å². The van der Waals surface area contributed by atoms with Gasteiger partial charge in [0.2, 0.25) is 5.89 Å². The van der Waals surface area contributed by atoms with Gasteiger partial charge in [-0.2, -0.15) is 0 Å². The van der Waals surface area contributed by atoms with Crippen molar-refractivity contribution in [2.45, 2.75) is 13.8 Å². The van der Waals surface area contributed by atoms with E-state index >= 15 is 0 Å². The Balaban J connectivity index is 1.67. The lowest BCUT2D eigenvalue weighted by Gasteiger charge is -2.00.